The Morgan fingerprint density at radius 3 is 2.94 bits per heavy atom. The number of carboxylic acid groups (broad SMARTS) is 1. The largest absolute Gasteiger partial charge is 0.481 e. The van der Waals surface area contributed by atoms with Gasteiger partial charge in [-0.2, -0.15) is 0 Å². The first kappa shape index (κ1) is 12.9. The predicted octanol–water partition coefficient (Wildman–Crippen LogP) is 2.94. The molecule has 0 bridgehead atoms. The van der Waals surface area contributed by atoms with Crippen molar-refractivity contribution in [2.45, 2.75) is 19.9 Å². The molecule has 5 heteroatoms. The minimum absolute atomic E-state index is 0.228. The van der Waals surface area contributed by atoms with Crippen molar-refractivity contribution in [3.63, 3.8) is 0 Å². The van der Waals surface area contributed by atoms with Gasteiger partial charge in [0.15, 0.2) is 0 Å². The predicted molar refractivity (Wildman–Crippen MR) is 69.5 cm³/mol. The molecule has 0 saturated carbocycles. The Hall–Kier alpha value is -0.580. The van der Waals surface area contributed by atoms with Gasteiger partial charge in [-0.1, -0.05) is 18.5 Å². The second-order valence-corrected chi connectivity index (χ2v) is 6.58. The third kappa shape index (κ3) is 3.44. The molecule has 1 aromatic heterocycles. The van der Waals surface area contributed by atoms with Gasteiger partial charge in [-0.25, -0.2) is 0 Å². The number of rotatable bonds is 3. The molecule has 2 heterocycles. The number of hydrogen-bond donors (Lipinski definition) is 1. The van der Waals surface area contributed by atoms with Crippen LogP contribution in [0.4, 0.5) is 0 Å². The first-order valence-electron chi connectivity index (χ1n) is 5.74. The Morgan fingerprint density at radius 1 is 1.59 bits per heavy atom. The maximum Gasteiger partial charge on any atom is 0.307 e. The highest BCUT2D eigenvalue weighted by atomic mass is 35.5. The van der Waals surface area contributed by atoms with Crippen LogP contribution in [0.1, 0.15) is 18.2 Å². The van der Waals surface area contributed by atoms with Crippen molar-refractivity contribution in [1.29, 1.82) is 0 Å². The van der Waals surface area contributed by atoms with Crippen molar-refractivity contribution in [3.05, 3.63) is 21.3 Å². The number of hydrogen-bond acceptors (Lipinski definition) is 3. The fourth-order valence-corrected chi connectivity index (χ4v) is 3.56. The number of carboxylic acids is 1. The molecule has 1 aliphatic rings. The molecule has 3 nitrogen and oxygen atoms in total. The van der Waals surface area contributed by atoms with Crippen molar-refractivity contribution >= 4 is 28.9 Å². The zero-order valence-electron chi connectivity index (χ0n) is 9.73. The van der Waals surface area contributed by atoms with Crippen molar-refractivity contribution in [2.75, 3.05) is 13.1 Å². The van der Waals surface area contributed by atoms with Crippen LogP contribution in [0.15, 0.2) is 12.1 Å². The molecular weight excluding hydrogens is 258 g/mol. The van der Waals surface area contributed by atoms with E-state index < -0.39 is 5.97 Å². The van der Waals surface area contributed by atoms with Crippen LogP contribution < -0.4 is 0 Å². The van der Waals surface area contributed by atoms with Gasteiger partial charge in [0.2, 0.25) is 0 Å². The van der Waals surface area contributed by atoms with E-state index in [2.05, 4.69) is 11.8 Å². The molecule has 2 atom stereocenters. The summed E-state index contributed by atoms with van der Waals surface area (Å²) in [6, 6.07) is 3.91. The molecule has 1 aromatic rings. The highest BCUT2D eigenvalue weighted by Gasteiger charge is 2.29. The SMILES string of the molecule is CC1CC(C(=O)O)CN(Cc2ccc(Cl)s2)C1. The van der Waals surface area contributed by atoms with Crippen LogP contribution in [-0.4, -0.2) is 29.1 Å². The first-order valence-corrected chi connectivity index (χ1v) is 6.93. The monoisotopic (exact) mass is 273 g/mol. The molecule has 1 aliphatic heterocycles. The van der Waals surface area contributed by atoms with Gasteiger partial charge in [0.25, 0.3) is 0 Å². The summed E-state index contributed by atoms with van der Waals surface area (Å²) in [5, 5.41) is 9.10. The van der Waals surface area contributed by atoms with E-state index in [4.69, 9.17) is 16.7 Å². The Balaban J connectivity index is 1.98. The molecule has 2 unspecified atom stereocenters. The van der Waals surface area contributed by atoms with Gasteiger partial charge in [0.05, 0.1) is 10.3 Å². The third-order valence-corrected chi connectivity index (χ3v) is 4.31. The van der Waals surface area contributed by atoms with Gasteiger partial charge >= 0.3 is 5.97 Å². The second kappa shape index (κ2) is 5.38. The molecule has 0 aromatic carbocycles. The molecule has 0 spiro atoms. The van der Waals surface area contributed by atoms with Gasteiger partial charge in [-0.3, -0.25) is 9.69 Å². The van der Waals surface area contributed by atoms with Gasteiger partial charge in [0, 0.05) is 24.5 Å². The van der Waals surface area contributed by atoms with E-state index in [1.165, 1.54) is 4.88 Å². The molecule has 1 fully saturated rings. The summed E-state index contributed by atoms with van der Waals surface area (Å²) in [4.78, 5) is 14.5. The standard InChI is InChI=1S/C12H16ClNO2S/c1-8-4-9(12(15)16)6-14(5-8)7-10-2-3-11(13)17-10/h2-3,8-9H,4-7H2,1H3,(H,15,16). The average Bonchev–Trinajstić information content (AvgIpc) is 2.63. The van der Waals surface area contributed by atoms with Crippen LogP contribution in [0.2, 0.25) is 4.34 Å². The number of halogens is 1. The zero-order chi connectivity index (χ0) is 12.4. The number of thiophene rings is 1. The topological polar surface area (TPSA) is 40.5 Å². The molecule has 17 heavy (non-hydrogen) atoms. The van der Waals surface area contributed by atoms with E-state index in [1.807, 2.05) is 12.1 Å². The minimum Gasteiger partial charge on any atom is -0.481 e. The van der Waals surface area contributed by atoms with Crippen LogP contribution in [0, 0.1) is 11.8 Å². The molecular formula is C12H16ClNO2S. The van der Waals surface area contributed by atoms with Crippen LogP contribution in [0.5, 0.6) is 0 Å². The van der Waals surface area contributed by atoms with Gasteiger partial charge in [-0.15, -0.1) is 11.3 Å². The van der Waals surface area contributed by atoms with E-state index in [-0.39, 0.29) is 5.92 Å². The molecule has 0 radical (unpaired) electrons. The molecule has 2 rings (SSSR count). The summed E-state index contributed by atoms with van der Waals surface area (Å²) in [6.07, 6.45) is 0.789. The second-order valence-electron chi connectivity index (χ2n) is 4.78. The van der Waals surface area contributed by atoms with Crippen molar-refractivity contribution in [3.8, 4) is 0 Å². The van der Waals surface area contributed by atoms with Gasteiger partial charge in [-0.05, 0) is 24.5 Å². The third-order valence-electron chi connectivity index (χ3n) is 3.09. The normalized spacial score (nSPS) is 26.0. The first-order chi connectivity index (χ1) is 8.04. The molecule has 1 saturated heterocycles. The van der Waals surface area contributed by atoms with E-state index in [9.17, 15) is 4.79 Å². The Kier molecular flexibility index (Phi) is 4.07. The lowest BCUT2D eigenvalue weighted by Gasteiger charge is -2.34. The highest BCUT2D eigenvalue weighted by Crippen LogP contribution is 2.27. The molecule has 0 amide bonds. The van der Waals surface area contributed by atoms with E-state index in [0.29, 0.717) is 12.5 Å². The van der Waals surface area contributed by atoms with Crippen molar-refractivity contribution in [1.82, 2.24) is 4.90 Å². The van der Waals surface area contributed by atoms with E-state index in [1.54, 1.807) is 11.3 Å². The van der Waals surface area contributed by atoms with E-state index >= 15 is 0 Å². The average molecular weight is 274 g/mol. The smallest absolute Gasteiger partial charge is 0.307 e. The number of aliphatic carboxylic acids is 1. The van der Waals surface area contributed by atoms with Crippen molar-refractivity contribution < 1.29 is 9.90 Å². The Morgan fingerprint density at radius 2 is 2.35 bits per heavy atom. The number of carbonyl (C=O) groups is 1. The molecule has 0 aliphatic carbocycles. The van der Waals surface area contributed by atoms with Gasteiger partial charge in [0.1, 0.15) is 0 Å². The summed E-state index contributed by atoms with van der Waals surface area (Å²) in [5.74, 6) is -0.458. The van der Waals surface area contributed by atoms with Crippen LogP contribution in [-0.2, 0) is 11.3 Å². The van der Waals surface area contributed by atoms with Crippen molar-refractivity contribution in [2.24, 2.45) is 11.8 Å². The summed E-state index contributed by atoms with van der Waals surface area (Å²) in [6.45, 7) is 4.55. The van der Waals surface area contributed by atoms with E-state index in [0.717, 1.165) is 23.8 Å². The maximum atomic E-state index is 11.1. The molecule has 1 N–H and O–H groups in total. The summed E-state index contributed by atoms with van der Waals surface area (Å²) in [5.41, 5.74) is 0. The number of likely N-dealkylation sites (tertiary alicyclic amines) is 1. The quantitative estimate of drug-likeness (QED) is 0.921. The highest BCUT2D eigenvalue weighted by molar-refractivity contribution is 7.16. The lowest BCUT2D eigenvalue weighted by atomic mass is 9.90. The number of nitrogens with zero attached hydrogens (tertiary/aromatic N) is 1. The van der Waals surface area contributed by atoms with Crippen LogP contribution >= 0.6 is 22.9 Å². The fraction of sp³-hybridized carbons (Fsp3) is 0.583. The molecule has 94 valence electrons. The zero-order valence-corrected chi connectivity index (χ0v) is 11.3. The summed E-state index contributed by atoms with van der Waals surface area (Å²) in [7, 11) is 0. The van der Waals surface area contributed by atoms with Gasteiger partial charge < -0.3 is 5.11 Å². The minimum atomic E-state index is -0.675. The van der Waals surface area contributed by atoms with Crippen LogP contribution in [0.25, 0.3) is 0 Å². The maximum absolute atomic E-state index is 11.1. The summed E-state index contributed by atoms with van der Waals surface area (Å²) >= 11 is 7.46. The van der Waals surface area contributed by atoms with Crippen LogP contribution in [0.3, 0.4) is 0 Å². The number of piperidine rings is 1. The summed E-state index contributed by atoms with van der Waals surface area (Å²) < 4.78 is 0.792. The Bertz CT molecular complexity index is 407. The fourth-order valence-electron chi connectivity index (χ4n) is 2.43. The lowest BCUT2D eigenvalue weighted by molar-refractivity contribution is -0.144. The lowest BCUT2D eigenvalue weighted by Crippen LogP contribution is -2.41. The Labute approximate surface area is 110 Å².